The molecule has 0 aliphatic carbocycles. The Bertz CT molecular complexity index is 801. The van der Waals surface area contributed by atoms with Gasteiger partial charge in [-0.25, -0.2) is 15.0 Å². The highest BCUT2D eigenvalue weighted by Crippen LogP contribution is 2.25. The average molecular weight is 303 g/mol. The fourth-order valence-corrected chi connectivity index (χ4v) is 2.45. The number of aryl methyl sites for hydroxylation is 1. The van der Waals surface area contributed by atoms with Crippen molar-refractivity contribution in [1.82, 2.24) is 15.0 Å². The Kier molecular flexibility index (Phi) is 3.95. The van der Waals surface area contributed by atoms with Crippen LogP contribution in [0.25, 0.3) is 22.8 Å². The molecule has 0 saturated carbocycles. The van der Waals surface area contributed by atoms with E-state index in [1.165, 1.54) is 5.56 Å². The van der Waals surface area contributed by atoms with Crippen molar-refractivity contribution in [1.29, 1.82) is 0 Å². The van der Waals surface area contributed by atoms with Crippen molar-refractivity contribution in [3.05, 3.63) is 66.0 Å². The van der Waals surface area contributed by atoms with Crippen molar-refractivity contribution in [2.45, 2.75) is 33.1 Å². The zero-order valence-electron chi connectivity index (χ0n) is 14.0. The molecule has 0 saturated heterocycles. The van der Waals surface area contributed by atoms with Gasteiger partial charge in [-0.1, -0.05) is 75.4 Å². The van der Waals surface area contributed by atoms with Crippen LogP contribution in [0.4, 0.5) is 0 Å². The number of benzene rings is 2. The maximum atomic E-state index is 4.64. The van der Waals surface area contributed by atoms with Crippen molar-refractivity contribution in [2.75, 3.05) is 0 Å². The van der Waals surface area contributed by atoms with Crippen molar-refractivity contribution in [3.8, 4) is 22.8 Å². The van der Waals surface area contributed by atoms with Gasteiger partial charge >= 0.3 is 0 Å². The third-order valence-electron chi connectivity index (χ3n) is 3.79. The molecule has 1 heterocycles. The minimum atomic E-state index is 0.142. The number of hydrogen-bond donors (Lipinski definition) is 0. The molecular formula is C20H21N3. The third-order valence-corrected chi connectivity index (χ3v) is 3.79. The van der Waals surface area contributed by atoms with Gasteiger partial charge in [0.25, 0.3) is 0 Å². The Morgan fingerprint density at radius 1 is 0.652 bits per heavy atom. The van der Waals surface area contributed by atoms with E-state index in [9.17, 15) is 0 Å². The molecule has 0 aliphatic heterocycles. The van der Waals surface area contributed by atoms with Crippen molar-refractivity contribution >= 4 is 0 Å². The van der Waals surface area contributed by atoms with Gasteiger partial charge in [-0.05, 0) is 17.9 Å². The summed E-state index contributed by atoms with van der Waals surface area (Å²) in [5.74, 6) is 2.17. The summed E-state index contributed by atoms with van der Waals surface area (Å²) in [6, 6.07) is 18.5. The minimum Gasteiger partial charge on any atom is -0.213 e. The molecule has 0 aliphatic rings. The van der Waals surface area contributed by atoms with E-state index < -0.39 is 0 Å². The van der Waals surface area contributed by atoms with Crippen molar-refractivity contribution in [2.24, 2.45) is 0 Å². The van der Waals surface area contributed by atoms with Gasteiger partial charge in [-0.2, -0.15) is 0 Å². The monoisotopic (exact) mass is 303 g/mol. The second-order valence-corrected chi connectivity index (χ2v) is 6.72. The fraction of sp³-hybridized carbons (Fsp3) is 0.250. The van der Waals surface area contributed by atoms with E-state index >= 15 is 0 Å². The van der Waals surface area contributed by atoms with Gasteiger partial charge in [0.05, 0.1) is 0 Å². The molecule has 0 spiro atoms. The predicted molar refractivity (Wildman–Crippen MR) is 94.1 cm³/mol. The second kappa shape index (κ2) is 5.92. The predicted octanol–water partition coefficient (Wildman–Crippen LogP) is 4.81. The highest BCUT2D eigenvalue weighted by molar-refractivity contribution is 5.61. The molecule has 0 radical (unpaired) electrons. The topological polar surface area (TPSA) is 38.7 Å². The summed E-state index contributed by atoms with van der Waals surface area (Å²) >= 11 is 0. The van der Waals surface area contributed by atoms with E-state index in [1.54, 1.807) is 0 Å². The zero-order chi connectivity index (χ0) is 16.4. The molecule has 0 N–H and O–H groups in total. The van der Waals surface area contributed by atoms with Gasteiger partial charge in [0.15, 0.2) is 11.6 Å². The number of hydrogen-bond acceptors (Lipinski definition) is 3. The van der Waals surface area contributed by atoms with Crippen LogP contribution in [0.1, 0.15) is 32.2 Å². The molecule has 0 amide bonds. The molecule has 0 fully saturated rings. The summed E-state index contributed by atoms with van der Waals surface area (Å²) in [5, 5.41) is 0. The Balaban J connectivity index is 2.02. The molecule has 1 aromatic heterocycles. The first-order chi connectivity index (χ1) is 10.9. The maximum absolute atomic E-state index is 4.64. The van der Waals surface area contributed by atoms with Crippen LogP contribution in [0.5, 0.6) is 0 Å². The molecule has 3 heteroatoms. The first-order valence-electron chi connectivity index (χ1n) is 7.82. The third kappa shape index (κ3) is 3.45. The number of rotatable bonds is 2. The van der Waals surface area contributed by atoms with E-state index in [1.807, 2.05) is 37.3 Å². The molecular weight excluding hydrogens is 282 g/mol. The van der Waals surface area contributed by atoms with Crippen LogP contribution in [0.2, 0.25) is 0 Å². The molecule has 3 nitrogen and oxygen atoms in total. The van der Waals surface area contributed by atoms with Crippen LogP contribution in [-0.2, 0) is 5.41 Å². The second-order valence-electron chi connectivity index (χ2n) is 6.72. The lowest BCUT2D eigenvalue weighted by atomic mass is 9.87. The lowest BCUT2D eigenvalue weighted by Crippen LogP contribution is -2.10. The van der Waals surface area contributed by atoms with E-state index in [2.05, 4.69) is 60.0 Å². The first kappa shape index (κ1) is 15.3. The largest absolute Gasteiger partial charge is 0.213 e. The fourth-order valence-electron chi connectivity index (χ4n) is 2.45. The summed E-state index contributed by atoms with van der Waals surface area (Å²) in [6.45, 7) is 8.54. The summed E-state index contributed by atoms with van der Waals surface area (Å²) in [4.78, 5) is 13.6. The van der Waals surface area contributed by atoms with Crippen LogP contribution in [0.15, 0.2) is 54.6 Å². The standard InChI is InChI=1S/C20H21N3/c1-14-21-18(15-8-6-5-7-9-15)23-19(22-14)16-10-12-17(13-11-16)20(2,3)4/h5-13H,1-4H3. The lowest BCUT2D eigenvalue weighted by molar-refractivity contribution is 0.590. The molecule has 116 valence electrons. The van der Waals surface area contributed by atoms with E-state index in [4.69, 9.17) is 0 Å². The quantitative estimate of drug-likeness (QED) is 0.682. The van der Waals surface area contributed by atoms with Gasteiger partial charge in [0.1, 0.15) is 5.82 Å². The van der Waals surface area contributed by atoms with Crippen LogP contribution in [0, 0.1) is 6.92 Å². The van der Waals surface area contributed by atoms with Gasteiger partial charge in [0, 0.05) is 11.1 Å². The van der Waals surface area contributed by atoms with Crippen LogP contribution in [0.3, 0.4) is 0 Å². The minimum absolute atomic E-state index is 0.142. The summed E-state index contributed by atoms with van der Waals surface area (Å²) in [7, 11) is 0. The summed E-state index contributed by atoms with van der Waals surface area (Å²) < 4.78 is 0. The molecule has 0 atom stereocenters. The van der Waals surface area contributed by atoms with Crippen LogP contribution >= 0.6 is 0 Å². The molecule has 3 aromatic rings. The Morgan fingerprint density at radius 2 is 1.17 bits per heavy atom. The zero-order valence-corrected chi connectivity index (χ0v) is 14.0. The van der Waals surface area contributed by atoms with Crippen molar-refractivity contribution < 1.29 is 0 Å². The lowest BCUT2D eigenvalue weighted by Gasteiger charge is -2.19. The Hall–Kier alpha value is -2.55. The Morgan fingerprint density at radius 3 is 1.70 bits per heavy atom. The average Bonchev–Trinajstić information content (AvgIpc) is 2.54. The first-order valence-corrected chi connectivity index (χ1v) is 7.82. The smallest absolute Gasteiger partial charge is 0.163 e. The highest BCUT2D eigenvalue weighted by atomic mass is 15.0. The summed E-state index contributed by atoms with van der Waals surface area (Å²) in [6.07, 6.45) is 0. The van der Waals surface area contributed by atoms with Crippen LogP contribution in [-0.4, -0.2) is 15.0 Å². The molecule has 0 bridgehead atoms. The van der Waals surface area contributed by atoms with E-state index in [0.29, 0.717) is 5.82 Å². The normalized spacial score (nSPS) is 11.5. The number of aromatic nitrogens is 3. The van der Waals surface area contributed by atoms with Crippen molar-refractivity contribution in [3.63, 3.8) is 0 Å². The van der Waals surface area contributed by atoms with Gasteiger partial charge in [-0.3, -0.25) is 0 Å². The maximum Gasteiger partial charge on any atom is 0.163 e. The van der Waals surface area contributed by atoms with E-state index in [-0.39, 0.29) is 5.41 Å². The highest BCUT2D eigenvalue weighted by Gasteiger charge is 2.14. The molecule has 0 unspecified atom stereocenters. The number of nitrogens with zero attached hydrogens (tertiary/aromatic N) is 3. The molecule has 23 heavy (non-hydrogen) atoms. The van der Waals surface area contributed by atoms with Gasteiger partial charge in [-0.15, -0.1) is 0 Å². The SMILES string of the molecule is Cc1nc(-c2ccccc2)nc(-c2ccc(C(C)(C)C)cc2)n1. The van der Waals surface area contributed by atoms with E-state index in [0.717, 1.165) is 22.8 Å². The van der Waals surface area contributed by atoms with Crippen LogP contribution < -0.4 is 0 Å². The summed E-state index contributed by atoms with van der Waals surface area (Å²) in [5.41, 5.74) is 3.46. The molecule has 3 rings (SSSR count). The van der Waals surface area contributed by atoms with Gasteiger partial charge in [0.2, 0.25) is 0 Å². The molecule has 2 aromatic carbocycles. The Labute approximate surface area is 137 Å². The van der Waals surface area contributed by atoms with Gasteiger partial charge < -0.3 is 0 Å².